The van der Waals surface area contributed by atoms with Gasteiger partial charge in [-0.1, -0.05) is 6.07 Å². The van der Waals surface area contributed by atoms with Crippen LogP contribution in [0, 0.1) is 5.92 Å². The number of halogens is 3. The van der Waals surface area contributed by atoms with E-state index in [-0.39, 0.29) is 5.91 Å². The van der Waals surface area contributed by atoms with Gasteiger partial charge in [0.1, 0.15) is 0 Å². The van der Waals surface area contributed by atoms with Crippen LogP contribution >= 0.6 is 0 Å². The first-order valence-electron chi connectivity index (χ1n) is 14.4. The molecule has 3 saturated heterocycles. The molecule has 0 N–H and O–H groups in total. The number of hydrogen-bond acceptors (Lipinski definition) is 5. The number of piperidine rings is 2. The molecule has 1 amide bonds. The van der Waals surface area contributed by atoms with E-state index in [1.165, 1.54) is 12.1 Å². The van der Waals surface area contributed by atoms with Crippen molar-refractivity contribution in [2.24, 2.45) is 5.92 Å². The molecule has 3 aliphatic heterocycles. The number of anilines is 1. The lowest BCUT2D eigenvalue weighted by Crippen LogP contribution is -2.57. The number of carbonyl (C=O) groups excluding carboxylic acids is 1. The van der Waals surface area contributed by atoms with Gasteiger partial charge in [0.15, 0.2) is 0 Å². The van der Waals surface area contributed by atoms with E-state index in [1.807, 2.05) is 11.9 Å². The highest BCUT2D eigenvalue weighted by molar-refractivity contribution is 5.76. The van der Waals surface area contributed by atoms with E-state index in [1.54, 1.807) is 6.07 Å². The van der Waals surface area contributed by atoms with Gasteiger partial charge in [0.25, 0.3) is 0 Å². The molecule has 214 valence electrons. The predicted molar refractivity (Wildman–Crippen MR) is 146 cm³/mol. The fourth-order valence-corrected chi connectivity index (χ4v) is 6.54. The van der Waals surface area contributed by atoms with Crippen LogP contribution in [0.15, 0.2) is 24.3 Å². The van der Waals surface area contributed by atoms with Gasteiger partial charge in [0.05, 0.1) is 5.56 Å². The molecular weight excluding hydrogens is 491 g/mol. The second-order valence-corrected chi connectivity index (χ2v) is 11.9. The molecule has 6 nitrogen and oxygen atoms in total. The van der Waals surface area contributed by atoms with Crippen molar-refractivity contribution in [2.75, 3.05) is 71.4 Å². The van der Waals surface area contributed by atoms with E-state index in [0.29, 0.717) is 36.2 Å². The highest BCUT2D eigenvalue weighted by atomic mass is 19.4. The molecule has 4 rings (SSSR count). The number of hydrogen-bond donors (Lipinski definition) is 0. The lowest BCUT2D eigenvalue weighted by Gasteiger charge is -2.48. The smallest absolute Gasteiger partial charge is 0.369 e. The second kappa shape index (κ2) is 12.6. The van der Waals surface area contributed by atoms with E-state index in [9.17, 15) is 18.0 Å². The Morgan fingerprint density at radius 1 is 1.03 bits per heavy atom. The molecule has 3 heterocycles. The van der Waals surface area contributed by atoms with E-state index < -0.39 is 11.7 Å². The van der Waals surface area contributed by atoms with E-state index >= 15 is 0 Å². The van der Waals surface area contributed by atoms with Gasteiger partial charge in [-0.3, -0.25) is 9.69 Å². The standard InChI is InChI=1S/C29H46F3N5O/c1-22(2)37-15-12-27(23(21-37)8-9-28(38)34(4)25-10-13-33(3)14-11-25)36-18-16-35(17-19-36)26-7-5-6-24(20-26)29(30,31)32/h5-7,20,22-23,25,27H,8-19,21H2,1-4H3/t23-,27+/m0/s1. The van der Waals surface area contributed by atoms with Gasteiger partial charge < -0.3 is 19.6 Å². The zero-order valence-electron chi connectivity index (χ0n) is 23.6. The van der Waals surface area contributed by atoms with Crippen molar-refractivity contribution in [3.8, 4) is 0 Å². The monoisotopic (exact) mass is 537 g/mol. The summed E-state index contributed by atoms with van der Waals surface area (Å²) in [6, 6.07) is 6.92. The summed E-state index contributed by atoms with van der Waals surface area (Å²) in [5.74, 6) is 0.676. The van der Waals surface area contributed by atoms with E-state index in [0.717, 1.165) is 84.1 Å². The quantitative estimate of drug-likeness (QED) is 0.519. The third kappa shape index (κ3) is 7.21. The number of piperazine rings is 1. The maximum absolute atomic E-state index is 13.2. The van der Waals surface area contributed by atoms with Crippen LogP contribution in [0.25, 0.3) is 0 Å². The zero-order chi connectivity index (χ0) is 27.4. The van der Waals surface area contributed by atoms with Crippen LogP contribution < -0.4 is 4.90 Å². The van der Waals surface area contributed by atoms with Gasteiger partial charge in [-0.2, -0.15) is 13.2 Å². The molecular formula is C29H46F3N5O. The lowest BCUT2D eigenvalue weighted by molar-refractivity contribution is -0.137. The summed E-state index contributed by atoms with van der Waals surface area (Å²) in [5, 5.41) is 0. The SMILES string of the molecule is CC(C)N1CC[C@@H](N2CCN(c3cccc(C(F)(F)F)c3)CC2)[C@@H](CCC(=O)N(C)C2CCN(C)CC2)C1. The third-order valence-corrected chi connectivity index (χ3v) is 9.14. The Hall–Kier alpha value is -1.84. The van der Waals surface area contributed by atoms with Crippen LogP contribution in [-0.2, 0) is 11.0 Å². The number of likely N-dealkylation sites (tertiary alicyclic amines) is 2. The van der Waals surface area contributed by atoms with Crippen molar-refractivity contribution >= 4 is 11.6 Å². The topological polar surface area (TPSA) is 33.3 Å². The van der Waals surface area contributed by atoms with Gasteiger partial charge in [-0.15, -0.1) is 0 Å². The molecule has 2 atom stereocenters. The van der Waals surface area contributed by atoms with E-state index in [2.05, 4.69) is 40.5 Å². The normalized spacial score (nSPS) is 25.2. The summed E-state index contributed by atoms with van der Waals surface area (Å²) in [5.41, 5.74) is 0.0571. The molecule has 1 aromatic rings. The average Bonchev–Trinajstić information content (AvgIpc) is 2.91. The number of nitrogens with zero attached hydrogens (tertiary/aromatic N) is 5. The molecule has 0 radical (unpaired) electrons. The largest absolute Gasteiger partial charge is 0.416 e. The highest BCUT2D eigenvalue weighted by Crippen LogP contribution is 2.33. The molecule has 0 aliphatic carbocycles. The fraction of sp³-hybridized carbons (Fsp3) is 0.759. The third-order valence-electron chi connectivity index (χ3n) is 9.14. The molecule has 3 fully saturated rings. The van der Waals surface area contributed by atoms with Gasteiger partial charge in [0, 0.05) is 70.0 Å². The fourth-order valence-electron chi connectivity index (χ4n) is 6.54. The lowest BCUT2D eigenvalue weighted by atomic mass is 9.85. The Labute approximate surface area is 226 Å². The molecule has 38 heavy (non-hydrogen) atoms. The summed E-state index contributed by atoms with van der Waals surface area (Å²) in [4.78, 5) is 24.6. The minimum Gasteiger partial charge on any atom is -0.369 e. The molecule has 0 aromatic heterocycles. The van der Waals surface area contributed by atoms with Crippen molar-refractivity contribution in [3.05, 3.63) is 29.8 Å². The maximum atomic E-state index is 13.2. The van der Waals surface area contributed by atoms with Crippen molar-refractivity contribution in [1.82, 2.24) is 19.6 Å². The Kier molecular flexibility index (Phi) is 9.63. The summed E-state index contributed by atoms with van der Waals surface area (Å²) in [6.45, 7) is 11.7. The van der Waals surface area contributed by atoms with Gasteiger partial charge in [-0.25, -0.2) is 0 Å². The first-order valence-corrected chi connectivity index (χ1v) is 14.4. The van der Waals surface area contributed by atoms with Crippen molar-refractivity contribution in [3.63, 3.8) is 0 Å². The Morgan fingerprint density at radius 3 is 2.34 bits per heavy atom. The number of rotatable bonds is 7. The Morgan fingerprint density at radius 2 is 1.71 bits per heavy atom. The average molecular weight is 538 g/mol. The summed E-state index contributed by atoms with van der Waals surface area (Å²) < 4.78 is 39.6. The van der Waals surface area contributed by atoms with Gasteiger partial charge in [0.2, 0.25) is 5.91 Å². The van der Waals surface area contributed by atoms with Crippen LogP contribution in [0.3, 0.4) is 0 Å². The first kappa shape index (κ1) is 29.2. The maximum Gasteiger partial charge on any atom is 0.416 e. The summed E-state index contributed by atoms with van der Waals surface area (Å²) in [6.07, 6.45) is 0.307. The Bertz CT molecular complexity index is 910. The van der Waals surface area contributed by atoms with Crippen LogP contribution in [0.4, 0.5) is 18.9 Å². The van der Waals surface area contributed by atoms with Gasteiger partial charge >= 0.3 is 6.18 Å². The van der Waals surface area contributed by atoms with Crippen molar-refractivity contribution in [1.29, 1.82) is 0 Å². The summed E-state index contributed by atoms with van der Waals surface area (Å²) >= 11 is 0. The van der Waals surface area contributed by atoms with Crippen LogP contribution in [0.5, 0.6) is 0 Å². The minimum absolute atomic E-state index is 0.259. The van der Waals surface area contributed by atoms with Crippen molar-refractivity contribution in [2.45, 2.75) is 70.3 Å². The van der Waals surface area contributed by atoms with Crippen LogP contribution in [-0.4, -0.2) is 110 Å². The molecule has 0 saturated carbocycles. The summed E-state index contributed by atoms with van der Waals surface area (Å²) in [7, 11) is 4.12. The van der Waals surface area contributed by atoms with Crippen LogP contribution in [0.2, 0.25) is 0 Å². The van der Waals surface area contributed by atoms with E-state index in [4.69, 9.17) is 0 Å². The first-order chi connectivity index (χ1) is 18.0. The number of carbonyl (C=O) groups is 1. The molecule has 0 unspecified atom stereocenters. The zero-order valence-corrected chi connectivity index (χ0v) is 23.6. The predicted octanol–water partition coefficient (Wildman–Crippen LogP) is 4.26. The van der Waals surface area contributed by atoms with Gasteiger partial charge in [-0.05, 0) is 90.3 Å². The number of alkyl halides is 3. The second-order valence-electron chi connectivity index (χ2n) is 11.9. The highest BCUT2D eigenvalue weighted by Gasteiger charge is 2.36. The van der Waals surface area contributed by atoms with Crippen LogP contribution in [0.1, 0.15) is 51.5 Å². The molecule has 1 aromatic carbocycles. The number of amides is 1. The Balaban J connectivity index is 1.35. The molecule has 0 spiro atoms. The van der Waals surface area contributed by atoms with Crippen molar-refractivity contribution < 1.29 is 18.0 Å². The minimum atomic E-state index is -4.33. The molecule has 9 heteroatoms. The molecule has 3 aliphatic rings. The number of benzene rings is 1. The molecule has 0 bridgehead atoms.